The molecule has 1 fully saturated rings. The van der Waals surface area contributed by atoms with Gasteiger partial charge in [-0.3, -0.25) is 0 Å². The number of hydrogen-bond acceptors (Lipinski definition) is 6. The lowest BCUT2D eigenvalue weighted by Crippen LogP contribution is -2.50. The third kappa shape index (κ3) is 4.06. The van der Waals surface area contributed by atoms with Crippen LogP contribution in [0.4, 0.5) is 10.6 Å². The van der Waals surface area contributed by atoms with Gasteiger partial charge in [-0.15, -0.1) is 11.8 Å². The lowest BCUT2D eigenvalue weighted by molar-refractivity contribution is 0.0240. The van der Waals surface area contributed by atoms with Gasteiger partial charge in [0.1, 0.15) is 11.4 Å². The lowest BCUT2D eigenvalue weighted by Gasteiger charge is -2.37. The Morgan fingerprint density at radius 3 is 2.58 bits per heavy atom. The van der Waals surface area contributed by atoms with Crippen molar-refractivity contribution >= 4 is 35.3 Å². The molecule has 2 aliphatic rings. The van der Waals surface area contributed by atoms with E-state index >= 15 is 0 Å². The molecule has 2 aliphatic heterocycles. The molecule has 0 radical (unpaired) electrons. The Morgan fingerprint density at radius 2 is 1.92 bits per heavy atom. The second-order valence-electron chi connectivity index (χ2n) is 7.00. The fraction of sp³-hybridized carbons (Fsp3) is 0.688. The van der Waals surface area contributed by atoms with Crippen molar-refractivity contribution < 1.29 is 9.53 Å². The van der Waals surface area contributed by atoms with Crippen LogP contribution in [0.1, 0.15) is 32.9 Å². The summed E-state index contributed by atoms with van der Waals surface area (Å²) in [6, 6.07) is 0. The van der Waals surface area contributed by atoms with Crippen LogP contribution < -0.4 is 4.90 Å². The summed E-state index contributed by atoms with van der Waals surface area (Å²) in [6.45, 7) is 8.33. The Balaban J connectivity index is 1.69. The normalized spacial score (nSPS) is 18.3. The molecule has 3 heterocycles. The monoisotopic (exact) mass is 370 g/mol. The van der Waals surface area contributed by atoms with Gasteiger partial charge in [-0.25, -0.2) is 9.78 Å². The Kier molecular flexibility index (Phi) is 5.11. The maximum absolute atomic E-state index is 12.2. The highest BCUT2D eigenvalue weighted by atomic mass is 35.5. The minimum Gasteiger partial charge on any atom is -0.444 e. The summed E-state index contributed by atoms with van der Waals surface area (Å²) in [5.41, 5.74) is 0.584. The number of amides is 1. The number of halogens is 1. The number of hydrogen-bond donors (Lipinski definition) is 0. The highest BCUT2D eigenvalue weighted by molar-refractivity contribution is 7.99. The third-order valence-corrected chi connectivity index (χ3v) is 5.29. The first-order chi connectivity index (χ1) is 11.3. The minimum atomic E-state index is -0.468. The molecule has 0 bridgehead atoms. The average molecular weight is 371 g/mol. The van der Waals surface area contributed by atoms with Crippen LogP contribution in [0, 0.1) is 0 Å². The first kappa shape index (κ1) is 17.6. The van der Waals surface area contributed by atoms with Crippen LogP contribution in [0.5, 0.6) is 0 Å². The standard InChI is InChI=1S/C16H23ClN4O2S/c1-16(2,3)23-15(22)21-8-6-20(7-9-21)13-12-11(5-4-10-24-12)18-14(17)19-13/h4-10H2,1-3H3. The van der Waals surface area contributed by atoms with Gasteiger partial charge in [0.05, 0.1) is 10.6 Å². The molecule has 8 heteroatoms. The summed E-state index contributed by atoms with van der Waals surface area (Å²) in [5.74, 6) is 2.00. The molecule has 132 valence electrons. The van der Waals surface area contributed by atoms with E-state index in [-0.39, 0.29) is 6.09 Å². The smallest absolute Gasteiger partial charge is 0.410 e. The topological polar surface area (TPSA) is 58.6 Å². The van der Waals surface area contributed by atoms with Crippen LogP contribution in [0.2, 0.25) is 5.28 Å². The molecule has 0 N–H and O–H groups in total. The van der Waals surface area contributed by atoms with Crippen LogP contribution in [0.25, 0.3) is 0 Å². The summed E-state index contributed by atoms with van der Waals surface area (Å²) in [7, 11) is 0. The van der Waals surface area contributed by atoms with E-state index in [1.165, 1.54) is 0 Å². The second kappa shape index (κ2) is 6.96. The SMILES string of the molecule is CC(C)(C)OC(=O)N1CCN(c2nc(Cl)nc3c2SCCC3)CC1. The molecule has 1 aromatic heterocycles. The third-order valence-electron chi connectivity index (χ3n) is 3.93. The van der Waals surface area contributed by atoms with E-state index in [9.17, 15) is 4.79 Å². The molecular weight excluding hydrogens is 348 g/mol. The number of fused-ring (bicyclic) bond motifs is 1. The molecule has 1 saturated heterocycles. The number of nitrogens with zero attached hydrogens (tertiary/aromatic N) is 4. The van der Waals surface area contributed by atoms with Crippen molar-refractivity contribution in [1.29, 1.82) is 0 Å². The van der Waals surface area contributed by atoms with Crippen molar-refractivity contribution in [3.63, 3.8) is 0 Å². The van der Waals surface area contributed by atoms with Crippen molar-refractivity contribution in [3.8, 4) is 0 Å². The molecule has 6 nitrogen and oxygen atoms in total. The van der Waals surface area contributed by atoms with Crippen LogP contribution >= 0.6 is 23.4 Å². The fourth-order valence-corrected chi connectivity index (χ4v) is 4.12. The minimum absolute atomic E-state index is 0.251. The molecule has 0 spiro atoms. The average Bonchev–Trinajstić information content (AvgIpc) is 2.52. The van der Waals surface area contributed by atoms with E-state index in [1.54, 1.807) is 16.7 Å². The molecule has 0 saturated carbocycles. The van der Waals surface area contributed by atoms with Crippen molar-refractivity contribution in [2.24, 2.45) is 0 Å². The molecule has 0 aromatic carbocycles. The molecule has 0 aliphatic carbocycles. The van der Waals surface area contributed by atoms with Crippen molar-refractivity contribution in [2.75, 3.05) is 36.8 Å². The number of rotatable bonds is 1. The van der Waals surface area contributed by atoms with Gasteiger partial charge in [0.25, 0.3) is 0 Å². The number of carbonyl (C=O) groups excluding carboxylic acids is 1. The van der Waals surface area contributed by atoms with Gasteiger partial charge >= 0.3 is 6.09 Å². The fourth-order valence-electron chi connectivity index (χ4n) is 2.83. The van der Waals surface area contributed by atoms with Crippen molar-refractivity contribution in [3.05, 3.63) is 11.0 Å². The Hall–Kier alpha value is -1.21. The van der Waals surface area contributed by atoms with Crippen LogP contribution in [-0.2, 0) is 11.2 Å². The molecule has 0 atom stereocenters. The summed E-state index contributed by atoms with van der Waals surface area (Å²) < 4.78 is 5.45. The van der Waals surface area contributed by atoms with Gasteiger partial charge in [-0.1, -0.05) is 0 Å². The quantitative estimate of drug-likeness (QED) is 0.707. The number of ether oxygens (including phenoxy) is 1. The zero-order valence-corrected chi connectivity index (χ0v) is 15.9. The van der Waals surface area contributed by atoms with Gasteiger partial charge in [0, 0.05) is 26.2 Å². The highest BCUT2D eigenvalue weighted by Gasteiger charge is 2.29. The summed E-state index contributed by atoms with van der Waals surface area (Å²) in [6.07, 6.45) is 1.83. The molecule has 1 aromatic rings. The molecule has 24 heavy (non-hydrogen) atoms. The maximum atomic E-state index is 12.2. The van der Waals surface area contributed by atoms with E-state index in [4.69, 9.17) is 16.3 Å². The van der Waals surface area contributed by atoms with E-state index in [0.29, 0.717) is 18.4 Å². The number of aromatic nitrogens is 2. The van der Waals surface area contributed by atoms with E-state index in [0.717, 1.165) is 48.1 Å². The zero-order valence-electron chi connectivity index (χ0n) is 14.3. The van der Waals surface area contributed by atoms with Crippen LogP contribution in [0.3, 0.4) is 0 Å². The van der Waals surface area contributed by atoms with Gasteiger partial charge < -0.3 is 14.5 Å². The van der Waals surface area contributed by atoms with Crippen LogP contribution in [0.15, 0.2) is 4.90 Å². The predicted molar refractivity (Wildman–Crippen MR) is 96.1 cm³/mol. The van der Waals surface area contributed by atoms with Gasteiger partial charge in [-0.2, -0.15) is 4.98 Å². The highest BCUT2D eigenvalue weighted by Crippen LogP contribution is 2.37. The first-order valence-electron chi connectivity index (χ1n) is 8.25. The second-order valence-corrected chi connectivity index (χ2v) is 8.44. The Labute approximate surface area is 151 Å². The lowest BCUT2D eigenvalue weighted by atomic mass is 10.2. The molecule has 1 amide bonds. The zero-order chi connectivity index (χ0) is 17.3. The van der Waals surface area contributed by atoms with Crippen molar-refractivity contribution in [1.82, 2.24) is 14.9 Å². The Morgan fingerprint density at radius 1 is 1.21 bits per heavy atom. The van der Waals surface area contributed by atoms with E-state index in [2.05, 4.69) is 14.9 Å². The summed E-state index contributed by atoms with van der Waals surface area (Å²) in [4.78, 5) is 26.1. The Bertz CT molecular complexity index is 627. The van der Waals surface area contributed by atoms with Gasteiger partial charge in [0.2, 0.25) is 5.28 Å². The number of anilines is 1. The molecule has 0 unspecified atom stereocenters. The maximum Gasteiger partial charge on any atom is 0.410 e. The number of aryl methyl sites for hydroxylation is 1. The number of piperazine rings is 1. The molecular formula is C16H23ClN4O2S. The van der Waals surface area contributed by atoms with E-state index < -0.39 is 5.60 Å². The molecule has 3 rings (SSSR count). The predicted octanol–water partition coefficient (Wildman–Crippen LogP) is 3.23. The largest absolute Gasteiger partial charge is 0.444 e. The van der Waals surface area contributed by atoms with Crippen molar-refractivity contribution in [2.45, 2.75) is 44.1 Å². The summed E-state index contributed by atoms with van der Waals surface area (Å²) >= 11 is 7.91. The van der Waals surface area contributed by atoms with E-state index in [1.807, 2.05) is 20.8 Å². The first-order valence-corrected chi connectivity index (χ1v) is 9.62. The van der Waals surface area contributed by atoms with Crippen LogP contribution in [-0.4, -0.2) is 58.5 Å². The summed E-state index contributed by atoms with van der Waals surface area (Å²) in [5, 5.41) is 0.306. The van der Waals surface area contributed by atoms with Gasteiger partial charge in [0.15, 0.2) is 0 Å². The number of thioether (sulfide) groups is 1. The number of carbonyl (C=O) groups is 1. The van der Waals surface area contributed by atoms with Gasteiger partial charge in [-0.05, 0) is 51.0 Å².